The first kappa shape index (κ1) is 14.8. The van der Waals surface area contributed by atoms with Crippen LogP contribution in [0.15, 0.2) is 0 Å². The maximum atomic E-state index is 11.9. The van der Waals surface area contributed by atoms with E-state index in [2.05, 4.69) is 24.5 Å². The lowest BCUT2D eigenvalue weighted by molar-refractivity contribution is -0.121. The van der Waals surface area contributed by atoms with Crippen LogP contribution >= 0.6 is 0 Å². The Bertz CT molecular complexity index is 291. The molecular weight excluding hydrogens is 236 g/mol. The third-order valence-corrected chi connectivity index (χ3v) is 4.53. The summed E-state index contributed by atoms with van der Waals surface area (Å²) < 4.78 is 0. The lowest BCUT2D eigenvalue weighted by Crippen LogP contribution is -2.38. The molecule has 0 unspecified atom stereocenters. The fourth-order valence-electron chi connectivity index (χ4n) is 3.50. The summed E-state index contributed by atoms with van der Waals surface area (Å²) in [5, 5.41) is 6.58. The Kier molecular flexibility index (Phi) is 5.26. The van der Waals surface area contributed by atoms with Gasteiger partial charge in [0.05, 0.1) is 0 Å². The van der Waals surface area contributed by atoms with E-state index in [4.69, 9.17) is 0 Å². The Hall–Kier alpha value is -0.570. The fourth-order valence-corrected chi connectivity index (χ4v) is 3.50. The largest absolute Gasteiger partial charge is 0.356 e. The normalized spacial score (nSPS) is 21.8. The second-order valence-electron chi connectivity index (χ2n) is 7.06. The molecule has 0 saturated heterocycles. The zero-order valence-electron chi connectivity index (χ0n) is 12.6. The molecule has 0 aromatic heterocycles. The molecule has 19 heavy (non-hydrogen) atoms. The predicted molar refractivity (Wildman–Crippen MR) is 79.0 cm³/mol. The standard InChI is InChI=1S/C16H30N2O/c1-13(2)11-16(8-3-4-9-16)12-18-15(19)7-10-17-14-5-6-14/h13-14,17H,3-12H2,1-2H3,(H,18,19). The molecule has 1 amide bonds. The Morgan fingerprint density at radius 1 is 1.26 bits per heavy atom. The fraction of sp³-hybridized carbons (Fsp3) is 0.938. The van der Waals surface area contributed by atoms with Gasteiger partial charge in [-0.1, -0.05) is 26.7 Å². The van der Waals surface area contributed by atoms with E-state index in [-0.39, 0.29) is 5.91 Å². The van der Waals surface area contributed by atoms with Gasteiger partial charge in [-0.15, -0.1) is 0 Å². The van der Waals surface area contributed by atoms with Gasteiger partial charge in [-0.05, 0) is 43.4 Å². The average Bonchev–Trinajstić information content (AvgIpc) is 3.06. The van der Waals surface area contributed by atoms with Gasteiger partial charge in [-0.25, -0.2) is 0 Å². The summed E-state index contributed by atoms with van der Waals surface area (Å²) in [7, 11) is 0. The van der Waals surface area contributed by atoms with Gasteiger partial charge in [0.15, 0.2) is 0 Å². The second kappa shape index (κ2) is 6.74. The van der Waals surface area contributed by atoms with E-state index < -0.39 is 0 Å². The first-order valence-corrected chi connectivity index (χ1v) is 8.10. The van der Waals surface area contributed by atoms with Crippen molar-refractivity contribution in [1.82, 2.24) is 10.6 Å². The van der Waals surface area contributed by atoms with Crippen LogP contribution in [0.5, 0.6) is 0 Å². The molecule has 0 heterocycles. The zero-order valence-corrected chi connectivity index (χ0v) is 12.6. The van der Waals surface area contributed by atoms with Gasteiger partial charge in [-0.2, -0.15) is 0 Å². The van der Waals surface area contributed by atoms with Gasteiger partial charge in [0.2, 0.25) is 5.91 Å². The molecule has 2 fully saturated rings. The lowest BCUT2D eigenvalue weighted by atomic mass is 9.78. The van der Waals surface area contributed by atoms with Gasteiger partial charge in [0.1, 0.15) is 0 Å². The van der Waals surface area contributed by atoms with Gasteiger partial charge >= 0.3 is 0 Å². The van der Waals surface area contributed by atoms with E-state index in [1.807, 2.05) is 0 Å². The summed E-state index contributed by atoms with van der Waals surface area (Å²) in [6.45, 7) is 6.32. The number of carbonyl (C=O) groups excluding carboxylic acids is 1. The zero-order chi connectivity index (χ0) is 13.7. The molecule has 0 aliphatic heterocycles. The van der Waals surface area contributed by atoms with Gasteiger partial charge in [-0.3, -0.25) is 4.79 Å². The summed E-state index contributed by atoms with van der Waals surface area (Å²) in [5.74, 6) is 0.953. The van der Waals surface area contributed by atoms with Gasteiger partial charge in [0, 0.05) is 25.6 Å². The van der Waals surface area contributed by atoms with E-state index in [0.717, 1.165) is 19.0 Å². The molecule has 110 valence electrons. The minimum Gasteiger partial charge on any atom is -0.356 e. The number of rotatable bonds is 8. The molecule has 0 aromatic rings. The average molecular weight is 266 g/mol. The summed E-state index contributed by atoms with van der Waals surface area (Å²) in [4.78, 5) is 11.9. The molecule has 0 radical (unpaired) electrons. The molecule has 2 saturated carbocycles. The van der Waals surface area contributed by atoms with E-state index >= 15 is 0 Å². The van der Waals surface area contributed by atoms with Crippen molar-refractivity contribution in [2.75, 3.05) is 13.1 Å². The number of amides is 1. The van der Waals surface area contributed by atoms with E-state index in [1.165, 1.54) is 44.9 Å². The smallest absolute Gasteiger partial charge is 0.221 e. The highest BCUT2D eigenvalue weighted by Crippen LogP contribution is 2.42. The molecule has 2 aliphatic rings. The molecule has 2 rings (SSSR count). The number of nitrogens with one attached hydrogen (secondary N) is 2. The van der Waals surface area contributed by atoms with Crippen molar-refractivity contribution in [3.8, 4) is 0 Å². The minimum atomic E-state index is 0.225. The van der Waals surface area contributed by atoms with Crippen LogP contribution in [0.1, 0.15) is 65.2 Å². The van der Waals surface area contributed by atoms with Crippen LogP contribution in [-0.2, 0) is 4.79 Å². The molecule has 0 aromatic carbocycles. The van der Waals surface area contributed by atoms with E-state index in [0.29, 0.717) is 17.9 Å². The van der Waals surface area contributed by atoms with Crippen molar-refractivity contribution < 1.29 is 4.79 Å². The molecule has 0 spiro atoms. The molecule has 0 atom stereocenters. The summed E-state index contributed by atoms with van der Waals surface area (Å²) in [5.41, 5.74) is 0.397. The third kappa shape index (κ3) is 5.13. The Morgan fingerprint density at radius 2 is 1.95 bits per heavy atom. The van der Waals surface area contributed by atoms with Crippen LogP contribution < -0.4 is 10.6 Å². The van der Waals surface area contributed by atoms with Crippen molar-refractivity contribution in [1.29, 1.82) is 0 Å². The van der Waals surface area contributed by atoms with Crippen LogP contribution in [0.2, 0.25) is 0 Å². The van der Waals surface area contributed by atoms with Crippen LogP contribution in [0.25, 0.3) is 0 Å². The molecule has 2 aliphatic carbocycles. The second-order valence-corrected chi connectivity index (χ2v) is 7.06. The Balaban J connectivity index is 1.67. The molecule has 0 bridgehead atoms. The van der Waals surface area contributed by atoms with Crippen LogP contribution in [0, 0.1) is 11.3 Å². The number of carbonyl (C=O) groups is 1. The van der Waals surface area contributed by atoms with Crippen LogP contribution in [-0.4, -0.2) is 25.0 Å². The van der Waals surface area contributed by atoms with Crippen LogP contribution in [0.4, 0.5) is 0 Å². The van der Waals surface area contributed by atoms with Crippen LogP contribution in [0.3, 0.4) is 0 Å². The van der Waals surface area contributed by atoms with Crippen molar-refractivity contribution in [3.63, 3.8) is 0 Å². The summed E-state index contributed by atoms with van der Waals surface area (Å²) in [6.07, 6.45) is 9.75. The van der Waals surface area contributed by atoms with Gasteiger partial charge < -0.3 is 10.6 Å². The maximum Gasteiger partial charge on any atom is 0.221 e. The van der Waals surface area contributed by atoms with Crippen molar-refractivity contribution in [2.24, 2.45) is 11.3 Å². The van der Waals surface area contributed by atoms with E-state index in [1.54, 1.807) is 0 Å². The molecule has 3 nitrogen and oxygen atoms in total. The molecule has 2 N–H and O–H groups in total. The van der Waals surface area contributed by atoms with Crippen molar-refractivity contribution >= 4 is 5.91 Å². The number of hydrogen-bond donors (Lipinski definition) is 2. The lowest BCUT2D eigenvalue weighted by Gasteiger charge is -2.31. The number of hydrogen-bond acceptors (Lipinski definition) is 2. The summed E-state index contributed by atoms with van der Waals surface area (Å²) >= 11 is 0. The Morgan fingerprint density at radius 3 is 2.53 bits per heavy atom. The van der Waals surface area contributed by atoms with E-state index in [9.17, 15) is 4.79 Å². The monoisotopic (exact) mass is 266 g/mol. The SMILES string of the molecule is CC(C)CC1(CNC(=O)CCNC2CC2)CCCC1. The topological polar surface area (TPSA) is 41.1 Å². The van der Waals surface area contributed by atoms with Crippen molar-refractivity contribution in [2.45, 2.75) is 71.3 Å². The quantitative estimate of drug-likeness (QED) is 0.709. The summed E-state index contributed by atoms with van der Waals surface area (Å²) in [6, 6.07) is 0.704. The predicted octanol–water partition coefficient (Wildman–Crippen LogP) is 2.85. The molecule has 3 heteroatoms. The first-order valence-electron chi connectivity index (χ1n) is 8.10. The Labute approximate surface area is 117 Å². The van der Waals surface area contributed by atoms with Gasteiger partial charge in [0.25, 0.3) is 0 Å². The molecular formula is C16H30N2O. The highest BCUT2D eigenvalue weighted by molar-refractivity contribution is 5.76. The first-order chi connectivity index (χ1) is 9.10. The van der Waals surface area contributed by atoms with Crippen molar-refractivity contribution in [3.05, 3.63) is 0 Å². The maximum absolute atomic E-state index is 11.9. The third-order valence-electron chi connectivity index (χ3n) is 4.53. The highest BCUT2D eigenvalue weighted by atomic mass is 16.1. The minimum absolute atomic E-state index is 0.225. The highest BCUT2D eigenvalue weighted by Gasteiger charge is 2.34.